The summed E-state index contributed by atoms with van der Waals surface area (Å²) in [7, 11) is 1.27. The Morgan fingerprint density at radius 1 is 1.37 bits per heavy atom. The fourth-order valence-electron chi connectivity index (χ4n) is 1.83. The van der Waals surface area contributed by atoms with Crippen molar-refractivity contribution in [2.75, 3.05) is 13.7 Å². The quantitative estimate of drug-likeness (QED) is 0.798. The number of hydrogen-bond acceptors (Lipinski definition) is 4. The van der Waals surface area contributed by atoms with Crippen molar-refractivity contribution in [1.29, 1.82) is 0 Å². The summed E-state index contributed by atoms with van der Waals surface area (Å²) in [6.45, 7) is 3.37. The summed E-state index contributed by atoms with van der Waals surface area (Å²) in [5.74, 6) is -0.641. The number of pyridine rings is 1. The summed E-state index contributed by atoms with van der Waals surface area (Å²) in [4.78, 5) is 15.4. The number of aromatic nitrogens is 1. The highest BCUT2D eigenvalue weighted by Gasteiger charge is 2.13. The van der Waals surface area contributed by atoms with Crippen molar-refractivity contribution in [3.05, 3.63) is 35.3 Å². The van der Waals surface area contributed by atoms with Crippen LogP contribution in [0.3, 0.4) is 0 Å². The molecule has 100 valence electrons. The molecular weight excluding hydrogens is 249 g/mol. The highest BCUT2D eigenvalue weighted by atomic mass is 19.1. The molecule has 1 heterocycles. The van der Waals surface area contributed by atoms with Crippen LogP contribution in [-0.2, 0) is 9.53 Å². The Morgan fingerprint density at radius 2 is 2.11 bits per heavy atom. The van der Waals surface area contributed by atoms with Crippen molar-refractivity contribution < 1.29 is 18.7 Å². The minimum atomic E-state index is -0.518. The Balaban J connectivity index is 2.53. The van der Waals surface area contributed by atoms with Crippen molar-refractivity contribution in [2.45, 2.75) is 13.8 Å². The number of carbonyl (C=O) groups excluding carboxylic acids is 1. The van der Waals surface area contributed by atoms with Crippen LogP contribution in [0.5, 0.6) is 5.75 Å². The van der Waals surface area contributed by atoms with Gasteiger partial charge in [-0.25, -0.2) is 9.18 Å². The van der Waals surface area contributed by atoms with Gasteiger partial charge in [-0.1, -0.05) is 6.07 Å². The molecule has 0 radical (unpaired) electrons. The van der Waals surface area contributed by atoms with E-state index in [1.165, 1.54) is 13.2 Å². The first-order chi connectivity index (χ1) is 9.02. The molecule has 0 aliphatic heterocycles. The van der Waals surface area contributed by atoms with Gasteiger partial charge in [-0.05, 0) is 25.5 Å². The van der Waals surface area contributed by atoms with Crippen molar-refractivity contribution in [3.8, 4) is 5.75 Å². The molecule has 1 aromatic heterocycles. The van der Waals surface area contributed by atoms with E-state index >= 15 is 0 Å². The number of rotatable bonds is 3. The normalized spacial score (nSPS) is 10.5. The van der Waals surface area contributed by atoms with E-state index < -0.39 is 11.8 Å². The summed E-state index contributed by atoms with van der Waals surface area (Å²) in [6, 6.07) is 4.63. The predicted molar refractivity (Wildman–Crippen MR) is 68.7 cm³/mol. The summed E-state index contributed by atoms with van der Waals surface area (Å²) in [5, 5.41) is 0.287. The summed E-state index contributed by atoms with van der Waals surface area (Å²) in [5.41, 5.74) is 2.09. The Labute approximate surface area is 110 Å². The predicted octanol–water partition coefficient (Wildman–Crippen LogP) is 2.54. The second kappa shape index (κ2) is 5.22. The molecule has 0 amide bonds. The smallest absolute Gasteiger partial charge is 0.343 e. The van der Waals surface area contributed by atoms with E-state index in [0.29, 0.717) is 17.0 Å². The molecule has 0 fully saturated rings. The van der Waals surface area contributed by atoms with E-state index in [9.17, 15) is 9.18 Å². The number of esters is 1. The molecule has 2 rings (SSSR count). The third kappa shape index (κ3) is 2.65. The van der Waals surface area contributed by atoms with Crippen molar-refractivity contribution in [1.82, 2.24) is 4.98 Å². The molecule has 19 heavy (non-hydrogen) atoms. The molecule has 0 atom stereocenters. The molecule has 1 aromatic carbocycles. The molecule has 0 bridgehead atoms. The minimum Gasteiger partial charge on any atom is -0.481 e. The number of benzene rings is 1. The first-order valence-electron chi connectivity index (χ1n) is 5.79. The average molecular weight is 263 g/mol. The number of methoxy groups -OCH3 is 1. The van der Waals surface area contributed by atoms with Crippen molar-refractivity contribution in [3.63, 3.8) is 0 Å². The van der Waals surface area contributed by atoms with E-state index in [4.69, 9.17) is 4.74 Å². The number of fused-ring (bicyclic) bond motifs is 1. The van der Waals surface area contributed by atoms with E-state index in [2.05, 4.69) is 9.72 Å². The average Bonchev–Trinajstić information content (AvgIpc) is 2.39. The van der Waals surface area contributed by atoms with Crippen LogP contribution in [-0.4, -0.2) is 24.7 Å². The summed E-state index contributed by atoms with van der Waals surface area (Å²) >= 11 is 0. The van der Waals surface area contributed by atoms with Gasteiger partial charge in [0.2, 0.25) is 0 Å². The molecule has 0 unspecified atom stereocenters. The highest BCUT2D eigenvalue weighted by molar-refractivity contribution is 5.88. The third-order valence-corrected chi connectivity index (χ3v) is 2.78. The van der Waals surface area contributed by atoms with Crippen LogP contribution in [0.4, 0.5) is 4.39 Å². The fourth-order valence-corrected chi connectivity index (χ4v) is 1.83. The van der Waals surface area contributed by atoms with Gasteiger partial charge < -0.3 is 9.47 Å². The monoisotopic (exact) mass is 263 g/mol. The van der Waals surface area contributed by atoms with Gasteiger partial charge in [-0.3, -0.25) is 4.98 Å². The first kappa shape index (κ1) is 13.3. The summed E-state index contributed by atoms with van der Waals surface area (Å²) in [6.07, 6.45) is 0. The van der Waals surface area contributed by atoms with E-state index in [0.717, 1.165) is 5.56 Å². The summed E-state index contributed by atoms with van der Waals surface area (Å²) < 4.78 is 23.8. The molecular formula is C14H14FNO3. The SMILES string of the molecule is COC(=O)COc1cc(C)nc2c(C)ccc(F)c12. The number of aryl methyl sites for hydroxylation is 2. The van der Waals surface area contributed by atoms with E-state index in [-0.39, 0.29) is 12.0 Å². The zero-order chi connectivity index (χ0) is 14.0. The molecule has 4 nitrogen and oxygen atoms in total. The number of carbonyl (C=O) groups is 1. The van der Waals surface area contributed by atoms with Crippen LogP contribution >= 0.6 is 0 Å². The molecule has 0 saturated carbocycles. The van der Waals surface area contributed by atoms with Gasteiger partial charge in [0.05, 0.1) is 18.0 Å². The molecule has 0 aliphatic carbocycles. The van der Waals surface area contributed by atoms with Crippen LogP contribution in [0, 0.1) is 19.7 Å². The maximum Gasteiger partial charge on any atom is 0.343 e. The molecule has 2 aromatic rings. The van der Waals surface area contributed by atoms with Gasteiger partial charge in [-0.2, -0.15) is 0 Å². The van der Waals surface area contributed by atoms with E-state index in [1.807, 2.05) is 6.92 Å². The molecule has 0 N–H and O–H groups in total. The second-order valence-electron chi connectivity index (χ2n) is 4.21. The van der Waals surface area contributed by atoms with Crippen LogP contribution in [0.15, 0.2) is 18.2 Å². The Bertz CT molecular complexity index is 640. The number of nitrogens with zero attached hydrogens (tertiary/aromatic N) is 1. The second-order valence-corrected chi connectivity index (χ2v) is 4.21. The molecule has 0 aliphatic rings. The highest BCUT2D eigenvalue weighted by Crippen LogP contribution is 2.30. The van der Waals surface area contributed by atoms with Crippen LogP contribution in [0.2, 0.25) is 0 Å². The molecule has 0 saturated heterocycles. The van der Waals surface area contributed by atoms with Gasteiger partial charge >= 0.3 is 5.97 Å². The van der Waals surface area contributed by atoms with Crippen LogP contribution in [0.25, 0.3) is 10.9 Å². The lowest BCUT2D eigenvalue weighted by molar-refractivity contribution is -0.142. The lowest BCUT2D eigenvalue weighted by Gasteiger charge is -2.11. The Kier molecular flexibility index (Phi) is 3.64. The zero-order valence-electron chi connectivity index (χ0n) is 11.0. The van der Waals surface area contributed by atoms with Crippen molar-refractivity contribution >= 4 is 16.9 Å². The van der Waals surface area contributed by atoms with Gasteiger partial charge in [0.15, 0.2) is 6.61 Å². The van der Waals surface area contributed by atoms with E-state index in [1.54, 1.807) is 19.1 Å². The first-order valence-corrected chi connectivity index (χ1v) is 5.79. The third-order valence-electron chi connectivity index (χ3n) is 2.78. The fraction of sp³-hybridized carbons (Fsp3) is 0.286. The van der Waals surface area contributed by atoms with Gasteiger partial charge in [0.1, 0.15) is 11.6 Å². The Hall–Kier alpha value is -2.17. The lowest BCUT2D eigenvalue weighted by Crippen LogP contribution is -2.13. The number of hydrogen-bond donors (Lipinski definition) is 0. The maximum atomic E-state index is 13.9. The van der Waals surface area contributed by atoms with Crippen LogP contribution < -0.4 is 4.74 Å². The standard InChI is InChI=1S/C14H14FNO3/c1-8-4-5-10(15)13-11(19-7-12(17)18-3)6-9(2)16-14(8)13/h4-6H,7H2,1-3H3. The zero-order valence-corrected chi connectivity index (χ0v) is 11.0. The van der Waals surface area contributed by atoms with Gasteiger partial charge in [0.25, 0.3) is 0 Å². The number of ether oxygens (including phenoxy) is 2. The largest absolute Gasteiger partial charge is 0.481 e. The topological polar surface area (TPSA) is 48.4 Å². The van der Waals surface area contributed by atoms with Crippen molar-refractivity contribution in [2.24, 2.45) is 0 Å². The molecule has 0 spiro atoms. The molecule has 5 heteroatoms. The lowest BCUT2D eigenvalue weighted by atomic mass is 10.1. The maximum absolute atomic E-state index is 13.9. The van der Waals surface area contributed by atoms with Gasteiger partial charge in [0, 0.05) is 11.8 Å². The minimum absolute atomic E-state index is 0.261. The van der Waals surface area contributed by atoms with Gasteiger partial charge in [-0.15, -0.1) is 0 Å². The number of halogens is 1. The Morgan fingerprint density at radius 3 is 2.79 bits per heavy atom. The van der Waals surface area contributed by atoms with Crippen LogP contribution in [0.1, 0.15) is 11.3 Å².